The first kappa shape index (κ1) is 11.9. The van der Waals surface area contributed by atoms with Gasteiger partial charge in [-0.1, -0.05) is 3.89 Å². The summed E-state index contributed by atoms with van der Waals surface area (Å²) in [4.78, 5) is 3.39. The van der Waals surface area contributed by atoms with E-state index in [1.165, 1.54) is 0 Å². The van der Waals surface area contributed by atoms with Crippen molar-refractivity contribution in [3.63, 3.8) is 0 Å². The van der Waals surface area contributed by atoms with Crippen molar-refractivity contribution in [3.8, 4) is 5.75 Å². The van der Waals surface area contributed by atoms with Crippen molar-refractivity contribution in [3.05, 3.63) is 18.3 Å². The Morgan fingerprint density at radius 1 is 1.27 bits per heavy atom. The molecule has 1 rings (SSSR count). The molecule has 0 bridgehead atoms. The lowest BCUT2D eigenvalue weighted by Crippen LogP contribution is -2.03. The first-order valence-corrected chi connectivity index (χ1v) is 6.69. The molecule has 0 spiro atoms. The van der Waals surface area contributed by atoms with Crippen molar-refractivity contribution in [1.29, 1.82) is 0 Å². The second-order valence-corrected chi connectivity index (χ2v) is 5.50. The first-order chi connectivity index (χ1) is 6.68. The SMILES string of the molecule is CS(=O)(=O)c1ccc(OS(=O)(=O)F)cn1. The fourth-order valence-electron chi connectivity index (χ4n) is 0.750. The monoisotopic (exact) mass is 255 g/mol. The fraction of sp³-hybridized carbons (Fsp3) is 0.167. The molecule has 0 unspecified atom stereocenters. The van der Waals surface area contributed by atoms with Crippen LogP contribution in [0.25, 0.3) is 0 Å². The van der Waals surface area contributed by atoms with Crippen LogP contribution in [0.3, 0.4) is 0 Å². The van der Waals surface area contributed by atoms with Crippen LogP contribution in [0.5, 0.6) is 5.75 Å². The molecule has 1 aromatic heterocycles. The maximum Gasteiger partial charge on any atom is 0.488 e. The Morgan fingerprint density at radius 2 is 1.87 bits per heavy atom. The van der Waals surface area contributed by atoms with Gasteiger partial charge in [-0.25, -0.2) is 13.4 Å². The molecule has 0 aromatic carbocycles. The van der Waals surface area contributed by atoms with E-state index in [0.717, 1.165) is 24.6 Å². The number of rotatable bonds is 3. The molecule has 0 saturated heterocycles. The number of hydrogen-bond acceptors (Lipinski definition) is 6. The highest BCUT2D eigenvalue weighted by molar-refractivity contribution is 7.90. The molecule has 0 amide bonds. The van der Waals surface area contributed by atoms with Gasteiger partial charge in [0, 0.05) is 6.26 Å². The van der Waals surface area contributed by atoms with Crippen LogP contribution in [0, 0.1) is 0 Å². The summed E-state index contributed by atoms with van der Waals surface area (Å²) in [5.74, 6) is -0.398. The van der Waals surface area contributed by atoms with Gasteiger partial charge in [-0.2, -0.15) is 8.42 Å². The molecule has 1 heterocycles. The summed E-state index contributed by atoms with van der Waals surface area (Å²) in [5, 5.41) is -0.258. The summed E-state index contributed by atoms with van der Waals surface area (Å²) < 4.78 is 57.8. The van der Waals surface area contributed by atoms with Crippen LogP contribution in [0.15, 0.2) is 23.4 Å². The zero-order valence-electron chi connectivity index (χ0n) is 7.41. The van der Waals surface area contributed by atoms with Crippen molar-refractivity contribution in [1.82, 2.24) is 4.98 Å². The van der Waals surface area contributed by atoms with Crippen LogP contribution in [-0.4, -0.2) is 28.1 Å². The summed E-state index contributed by atoms with van der Waals surface area (Å²) in [6.07, 6.45) is 1.73. The summed E-state index contributed by atoms with van der Waals surface area (Å²) in [6.45, 7) is 0. The third-order valence-corrected chi connectivity index (χ3v) is 2.68. The van der Waals surface area contributed by atoms with Crippen molar-refractivity contribution in [2.24, 2.45) is 0 Å². The van der Waals surface area contributed by atoms with Gasteiger partial charge in [-0.15, -0.1) is 0 Å². The van der Waals surface area contributed by atoms with Gasteiger partial charge in [0.2, 0.25) is 0 Å². The normalized spacial score (nSPS) is 12.4. The van der Waals surface area contributed by atoms with Crippen LogP contribution < -0.4 is 4.18 Å². The van der Waals surface area contributed by atoms with Gasteiger partial charge >= 0.3 is 10.5 Å². The molecule has 0 fully saturated rings. The van der Waals surface area contributed by atoms with Crippen molar-refractivity contribution in [2.45, 2.75) is 5.03 Å². The Balaban J connectivity index is 3.02. The Bertz CT molecular complexity index is 548. The maximum atomic E-state index is 12.0. The van der Waals surface area contributed by atoms with E-state index in [1.54, 1.807) is 0 Å². The van der Waals surface area contributed by atoms with E-state index >= 15 is 0 Å². The second kappa shape index (κ2) is 3.74. The van der Waals surface area contributed by atoms with Gasteiger partial charge in [0.1, 0.15) is 0 Å². The Hall–Kier alpha value is -1.22. The number of sulfone groups is 1. The molecule has 9 heteroatoms. The molecule has 0 radical (unpaired) electrons. The van der Waals surface area contributed by atoms with Gasteiger partial charge in [0.25, 0.3) is 0 Å². The fourth-order valence-corrected chi connectivity index (χ4v) is 1.64. The predicted octanol–water partition coefficient (Wildman–Crippen LogP) is 0.0782. The largest absolute Gasteiger partial charge is 0.488 e. The molecular formula is C6H6FNO5S2. The Labute approximate surface area is 86.1 Å². The maximum absolute atomic E-state index is 12.0. The highest BCUT2D eigenvalue weighted by Crippen LogP contribution is 2.14. The second-order valence-electron chi connectivity index (χ2n) is 2.58. The van der Waals surface area contributed by atoms with E-state index in [1.807, 2.05) is 0 Å². The highest BCUT2D eigenvalue weighted by atomic mass is 32.3. The number of hydrogen-bond donors (Lipinski definition) is 0. The lowest BCUT2D eigenvalue weighted by atomic mass is 10.5. The van der Waals surface area contributed by atoms with Crippen LogP contribution >= 0.6 is 0 Å². The average molecular weight is 255 g/mol. The molecule has 84 valence electrons. The van der Waals surface area contributed by atoms with E-state index in [4.69, 9.17) is 0 Å². The minimum atomic E-state index is -5.11. The van der Waals surface area contributed by atoms with Crippen LogP contribution in [-0.2, 0) is 20.3 Å². The van der Waals surface area contributed by atoms with E-state index in [9.17, 15) is 20.7 Å². The van der Waals surface area contributed by atoms with E-state index in [0.29, 0.717) is 0 Å². The molecular weight excluding hydrogens is 249 g/mol. The minimum absolute atomic E-state index is 0.258. The van der Waals surface area contributed by atoms with Crippen molar-refractivity contribution >= 4 is 20.3 Å². The van der Waals surface area contributed by atoms with Gasteiger partial charge in [-0.3, -0.25) is 0 Å². The van der Waals surface area contributed by atoms with E-state index < -0.39 is 26.1 Å². The Morgan fingerprint density at radius 3 is 2.20 bits per heavy atom. The summed E-state index contributed by atoms with van der Waals surface area (Å²) in [5.41, 5.74) is 0. The lowest BCUT2D eigenvalue weighted by Gasteiger charge is -2.00. The summed E-state index contributed by atoms with van der Waals surface area (Å²) in [7, 11) is -8.59. The van der Waals surface area contributed by atoms with Gasteiger partial charge in [0.05, 0.1) is 6.20 Å². The highest BCUT2D eigenvalue weighted by Gasteiger charge is 2.12. The number of nitrogens with zero attached hydrogens (tertiary/aromatic N) is 1. The molecule has 6 nitrogen and oxygen atoms in total. The third-order valence-electron chi connectivity index (χ3n) is 1.28. The Kier molecular flexibility index (Phi) is 2.95. The van der Waals surface area contributed by atoms with Crippen molar-refractivity contribution < 1.29 is 24.9 Å². The van der Waals surface area contributed by atoms with Crippen LogP contribution in [0.1, 0.15) is 0 Å². The van der Waals surface area contributed by atoms with E-state index in [2.05, 4.69) is 9.17 Å². The van der Waals surface area contributed by atoms with Crippen LogP contribution in [0.2, 0.25) is 0 Å². The van der Waals surface area contributed by atoms with Crippen molar-refractivity contribution in [2.75, 3.05) is 6.26 Å². The molecule has 0 N–H and O–H groups in total. The molecule has 0 aliphatic heterocycles. The molecule has 1 aromatic rings. The number of halogens is 1. The molecule has 15 heavy (non-hydrogen) atoms. The predicted molar refractivity (Wildman–Crippen MR) is 48.0 cm³/mol. The standard InChI is InChI=1S/C6H6FNO5S2/c1-14(9,10)6-3-2-5(4-8-6)13-15(7,11)12/h2-4H,1H3. The smallest absolute Gasteiger partial charge is 0.357 e. The zero-order chi connectivity index (χ0) is 11.7. The van der Waals surface area contributed by atoms with Gasteiger partial charge in [-0.05, 0) is 12.1 Å². The molecule has 0 aliphatic rings. The summed E-state index contributed by atoms with van der Waals surface area (Å²) in [6, 6.07) is 2.00. The third kappa shape index (κ3) is 3.80. The molecule has 0 saturated carbocycles. The zero-order valence-corrected chi connectivity index (χ0v) is 9.05. The topological polar surface area (TPSA) is 90.4 Å². The first-order valence-electron chi connectivity index (χ1n) is 3.49. The van der Waals surface area contributed by atoms with Gasteiger partial charge in [0.15, 0.2) is 20.6 Å². The lowest BCUT2D eigenvalue weighted by molar-refractivity contribution is 0.439. The molecule has 0 aliphatic carbocycles. The number of pyridine rings is 1. The summed E-state index contributed by atoms with van der Waals surface area (Å²) >= 11 is 0. The van der Waals surface area contributed by atoms with Crippen LogP contribution in [0.4, 0.5) is 3.89 Å². The minimum Gasteiger partial charge on any atom is -0.357 e. The average Bonchev–Trinajstić information content (AvgIpc) is 2.00. The van der Waals surface area contributed by atoms with E-state index in [-0.39, 0.29) is 5.03 Å². The number of aromatic nitrogens is 1. The quantitative estimate of drug-likeness (QED) is 0.710. The van der Waals surface area contributed by atoms with Gasteiger partial charge < -0.3 is 4.18 Å². The molecule has 0 atom stereocenters.